The first kappa shape index (κ1) is 13.7. The number of carbonyl (C=O) groups is 1. The van der Waals surface area contributed by atoms with Crippen LogP contribution in [0.1, 0.15) is 41.4 Å². The molecule has 1 aliphatic rings. The van der Waals surface area contributed by atoms with Crippen molar-refractivity contribution in [1.29, 1.82) is 5.26 Å². The Morgan fingerprint density at radius 3 is 2.74 bits per heavy atom. The average Bonchev–Trinajstić information content (AvgIpc) is 2.77. The number of esters is 1. The van der Waals surface area contributed by atoms with Gasteiger partial charge in [-0.2, -0.15) is 5.26 Å². The van der Waals surface area contributed by atoms with E-state index >= 15 is 0 Å². The average molecular weight is 279 g/mol. The number of hydrogen-bond acceptors (Lipinski definition) is 6. The molecule has 1 aromatic heterocycles. The van der Waals surface area contributed by atoms with Crippen molar-refractivity contribution < 1.29 is 9.53 Å². The fourth-order valence-corrected chi connectivity index (χ4v) is 3.29. The van der Waals surface area contributed by atoms with E-state index < -0.39 is 5.97 Å². The predicted molar refractivity (Wildman–Crippen MR) is 75.5 cm³/mol. The molecular weight excluding hydrogens is 262 g/mol. The number of nitrogens with two attached hydrogens (primary N) is 1. The van der Waals surface area contributed by atoms with Gasteiger partial charge in [-0.3, -0.25) is 0 Å². The summed E-state index contributed by atoms with van der Waals surface area (Å²) in [5.74, 6) is -0.432. The number of nitrogen functional groups attached to an aromatic ring is 1. The molecular formula is C13H17N3O2S. The summed E-state index contributed by atoms with van der Waals surface area (Å²) in [5.41, 5.74) is 6.53. The molecule has 0 saturated carbocycles. The molecule has 1 aromatic rings. The highest BCUT2D eigenvalue weighted by atomic mass is 32.1. The number of anilines is 2. The zero-order valence-electron chi connectivity index (χ0n) is 10.9. The third-order valence-corrected chi connectivity index (χ3v) is 4.32. The monoisotopic (exact) mass is 279 g/mol. The molecule has 0 atom stereocenters. The maximum absolute atomic E-state index is 12.0. The second kappa shape index (κ2) is 5.93. The molecule has 0 amide bonds. The van der Waals surface area contributed by atoms with Gasteiger partial charge < -0.3 is 15.4 Å². The van der Waals surface area contributed by atoms with Crippen LogP contribution < -0.4 is 10.6 Å². The molecule has 2 rings (SSSR count). The Balaban J connectivity index is 2.40. The normalized spacial score (nSPS) is 15.1. The van der Waals surface area contributed by atoms with Gasteiger partial charge in [0.2, 0.25) is 0 Å². The third kappa shape index (κ3) is 2.66. The lowest BCUT2D eigenvalue weighted by molar-refractivity contribution is 0.0529. The molecule has 19 heavy (non-hydrogen) atoms. The van der Waals surface area contributed by atoms with Gasteiger partial charge in [-0.25, -0.2) is 4.79 Å². The van der Waals surface area contributed by atoms with Crippen LogP contribution in [-0.2, 0) is 4.74 Å². The van der Waals surface area contributed by atoms with E-state index in [-0.39, 0.29) is 5.69 Å². The number of rotatable bonds is 3. The van der Waals surface area contributed by atoms with Crippen LogP contribution in [0, 0.1) is 11.3 Å². The van der Waals surface area contributed by atoms with Gasteiger partial charge in [0.05, 0.1) is 12.3 Å². The number of carbonyl (C=O) groups excluding carboxylic acids is 1. The van der Waals surface area contributed by atoms with E-state index in [0.717, 1.165) is 30.9 Å². The van der Waals surface area contributed by atoms with Crippen molar-refractivity contribution in [2.45, 2.75) is 26.2 Å². The molecule has 5 nitrogen and oxygen atoms in total. The van der Waals surface area contributed by atoms with Gasteiger partial charge in [0.15, 0.2) is 0 Å². The molecule has 6 heteroatoms. The van der Waals surface area contributed by atoms with Crippen molar-refractivity contribution in [1.82, 2.24) is 0 Å². The highest BCUT2D eigenvalue weighted by Crippen LogP contribution is 2.39. The van der Waals surface area contributed by atoms with Gasteiger partial charge in [0.25, 0.3) is 0 Å². The van der Waals surface area contributed by atoms with Crippen molar-refractivity contribution in [3.05, 3.63) is 10.4 Å². The SMILES string of the molecule is CCOC(=O)c1c(N2CCCCC2)sc(C#N)c1N. The smallest absolute Gasteiger partial charge is 0.343 e. The number of hydrogen-bond donors (Lipinski definition) is 1. The fraction of sp³-hybridized carbons (Fsp3) is 0.538. The van der Waals surface area contributed by atoms with Crippen molar-refractivity contribution in [2.24, 2.45) is 0 Å². The van der Waals surface area contributed by atoms with Gasteiger partial charge in [-0.05, 0) is 26.2 Å². The quantitative estimate of drug-likeness (QED) is 0.859. The molecule has 102 valence electrons. The van der Waals surface area contributed by atoms with Gasteiger partial charge in [0.1, 0.15) is 21.5 Å². The summed E-state index contributed by atoms with van der Waals surface area (Å²) in [5, 5.41) is 9.86. The predicted octanol–water partition coefficient (Wildman–Crippen LogP) is 2.37. The van der Waals surface area contributed by atoms with Crippen LogP contribution in [0.2, 0.25) is 0 Å². The summed E-state index contributed by atoms with van der Waals surface area (Å²) >= 11 is 1.29. The topological polar surface area (TPSA) is 79.3 Å². The number of ether oxygens (including phenoxy) is 1. The highest BCUT2D eigenvalue weighted by molar-refractivity contribution is 7.17. The summed E-state index contributed by atoms with van der Waals surface area (Å²) in [6.45, 7) is 3.86. The Hall–Kier alpha value is -1.74. The maximum Gasteiger partial charge on any atom is 0.343 e. The number of nitriles is 1. The fourth-order valence-electron chi connectivity index (χ4n) is 2.23. The summed E-state index contributed by atoms with van der Waals surface area (Å²) < 4.78 is 5.05. The minimum Gasteiger partial charge on any atom is -0.462 e. The van der Waals surface area contributed by atoms with E-state index in [0.29, 0.717) is 17.0 Å². The molecule has 2 heterocycles. The minimum absolute atomic E-state index is 0.256. The van der Waals surface area contributed by atoms with Crippen molar-refractivity contribution in [3.8, 4) is 6.07 Å². The summed E-state index contributed by atoms with van der Waals surface area (Å²) in [6.07, 6.45) is 3.40. The van der Waals surface area contributed by atoms with Crippen molar-refractivity contribution in [3.63, 3.8) is 0 Å². The Kier molecular flexibility index (Phi) is 4.27. The molecule has 0 bridgehead atoms. The standard InChI is InChI=1S/C13H17N3O2S/c1-2-18-13(17)10-11(15)9(8-14)19-12(10)16-6-4-3-5-7-16/h2-7,15H2,1H3. The molecule has 0 radical (unpaired) electrons. The van der Waals surface area contributed by atoms with Gasteiger partial charge in [-0.1, -0.05) is 0 Å². The van der Waals surface area contributed by atoms with E-state index in [1.54, 1.807) is 6.92 Å². The Labute approximate surface area is 116 Å². The summed E-state index contributed by atoms with van der Waals surface area (Å²) in [4.78, 5) is 14.6. The van der Waals surface area contributed by atoms with E-state index in [1.165, 1.54) is 17.8 Å². The number of nitrogens with zero attached hydrogens (tertiary/aromatic N) is 2. The minimum atomic E-state index is -0.432. The molecule has 0 unspecified atom stereocenters. The van der Waals surface area contributed by atoms with E-state index in [4.69, 9.17) is 15.7 Å². The van der Waals surface area contributed by atoms with Crippen LogP contribution in [0.4, 0.5) is 10.7 Å². The molecule has 2 N–H and O–H groups in total. The van der Waals surface area contributed by atoms with Crippen molar-refractivity contribution >= 4 is 28.0 Å². The lowest BCUT2D eigenvalue weighted by Gasteiger charge is -2.28. The molecule has 0 aliphatic carbocycles. The van der Waals surface area contributed by atoms with Crippen LogP contribution in [0.25, 0.3) is 0 Å². The van der Waals surface area contributed by atoms with Gasteiger partial charge in [0, 0.05) is 13.1 Å². The first-order chi connectivity index (χ1) is 9.19. The zero-order valence-corrected chi connectivity index (χ0v) is 11.8. The molecule has 1 fully saturated rings. The molecule has 0 spiro atoms. The Morgan fingerprint density at radius 2 is 2.16 bits per heavy atom. The van der Waals surface area contributed by atoms with Crippen LogP contribution in [0.5, 0.6) is 0 Å². The Morgan fingerprint density at radius 1 is 1.47 bits per heavy atom. The maximum atomic E-state index is 12.0. The summed E-state index contributed by atoms with van der Waals surface area (Å²) in [7, 11) is 0. The van der Waals surface area contributed by atoms with Crippen LogP contribution in [0.15, 0.2) is 0 Å². The van der Waals surface area contributed by atoms with Crippen LogP contribution in [-0.4, -0.2) is 25.7 Å². The van der Waals surface area contributed by atoms with E-state index in [9.17, 15) is 4.79 Å². The Bertz CT molecular complexity index is 513. The lowest BCUT2D eigenvalue weighted by Crippen LogP contribution is -2.30. The molecule has 0 aromatic carbocycles. The lowest BCUT2D eigenvalue weighted by atomic mass is 10.1. The van der Waals surface area contributed by atoms with Crippen LogP contribution in [0.3, 0.4) is 0 Å². The first-order valence-corrected chi connectivity index (χ1v) is 7.25. The first-order valence-electron chi connectivity index (χ1n) is 6.43. The second-order valence-electron chi connectivity index (χ2n) is 4.40. The summed E-state index contributed by atoms with van der Waals surface area (Å²) in [6, 6.07) is 2.05. The van der Waals surface area contributed by atoms with E-state index in [1.807, 2.05) is 0 Å². The van der Waals surface area contributed by atoms with Gasteiger partial charge in [-0.15, -0.1) is 11.3 Å². The van der Waals surface area contributed by atoms with Crippen LogP contribution >= 0.6 is 11.3 Å². The van der Waals surface area contributed by atoms with Crippen molar-refractivity contribution in [2.75, 3.05) is 30.3 Å². The largest absolute Gasteiger partial charge is 0.462 e. The molecule has 1 aliphatic heterocycles. The van der Waals surface area contributed by atoms with E-state index in [2.05, 4.69) is 11.0 Å². The highest BCUT2D eigenvalue weighted by Gasteiger charge is 2.27. The van der Waals surface area contributed by atoms with Gasteiger partial charge >= 0.3 is 5.97 Å². The molecule has 1 saturated heterocycles. The number of thiophene rings is 1. The number of piperidine rings is 1. The zero-order chi connectivity index (χ0) is 13.8. The third-order valence-electron chi connectivity index (χ3n) is 3.15. The second-order valence-corrected chi connectivity index (χ2v) is 5.40.